The monoisotopic (exact) mass is 197 g/mol. The van der Waals surface area contributed by atoms with E-state index in [2.05, 4.69) is 15.4 Å². The first-order valence-corrected chi connectivity index (χ1v) is 4.86. The zero-order valence-electron chi connectivity index (χ0n) is 8.17. The first-order chi connectivity index (χ1) is 6.68. The van der Waals surface area contributed by atoms with E-state index < -0.39 is 6.10 Å². The van der Waals surface area contributed by atoms with Gasteiger partial charge in [-0.3, -0.25) is 0 Å². The highest BCUT2D eigenvalue weighted by molar-refractivity contribution is 4.94. The van der Waals surface area contributed by atoms with Crippen LogP contribution in [0.15, 0.2) is 0 Å². The SMILES string of the molecule is Cn1nnc(C(O)[C@@H]2CCC[C@@H]2N)n1. The van der Waals surface area contributed by atoms with Gasteiger partial charge in [0.1, 0.15) is 6.10 Å². The smallest absolute Gasteiger partial charge is 0.203 e. The number of tetrazole rings is 1. The van der Waals surface area contributed by atoms with Crippen LogP contribution in [0.5, 0.6) is 0 Å². The molecule has 1 unspecified atom stereocenters. The van der Waals surface area contributed by atoms with E-state index in [0.717, 1.165) is 19.3 Å². The second kappa shape index (κ2) is 3.62. The first kappa shape index (κ1) is 9.54. The molecular weight excluding hydrogens is 182 g/mol. The minimum Gasteiger partial charge on any atom is -0.385 e. The Morgan fingerprint density at radius 3 is 2.86 bits per heavy atom. The van der Waals surface area contributed by atoms with E-state index in [4.69, 9.17) is 5.73 Å². The van der Waals surface area contributed by atoms with E-state index in [1.54, 1.807) is 7.05 Å². The number of aromatic nitrogens is 4. The fourth-order valence-electron chi connectivity index (χ4n) is 2.02. The number of nitrogens with zero attached hydrogens (tertiary/aromatic N) is 4. The Kier molecular flexibility index (Phi) is 2.47. The van der Waals surface area contributed by atoms with Gasteiger partial charge in [0.15, 0.2) is 0 Å². The van der Waals surface area contributed by atoms with E-state index in [0.29, 0.717) is 5.82 Å². The molecule has 0 aliphatic heterocycles. The summed E-state index contributed by atoms with van der Waals surface area (Å²) < 4.78 is 0. The molecule has 1 aliphatic carbocycles. The van der Waals surface area contributed by atoms with Gasteiger partial charge in [-0.2, -0.15) is 4.80 Å². The normalized spacial score (nSPS) is 29.4. The van der Waals surface area contributed by atoms with Gasteiger partial charge in [-0.15, -0.1) is 10.2 Å². The summed E-state index contributed by atoms with van der Waals surface area (Å²) in [4.78, 5) is 1.35. The average molecular weight is 197 g/mol. The van der Waals surface area contributed by atoms with Crippen LogP contribution in [0.25, 0.3) is 0 Å². The maximum atomic E-state index is 9.95. The molecule has 3 atom stereocenters. The van der Waals surface area contributed by atoms with Crippen molar-refractivity contribution in [1.29, 1.82) is 0 Å². The zero-order chi connectivity index (χ0) is 10.1. The van der Waals surface area contributed by atoms with E-state index in [-0.39, 0.29) is 12.0 Å². The minimum absolute atomic E-state index is 0.0637. The molecule has 1 saturated carbocycles. The Labute approximate surface area is 82.1 Å². The summed E-state index contributed by atoms with van der Waals surface area (Å²) in [5, 5.41) is 21.4. The summed E-state index contributed by atoms with van der Waals surface area (Å²) in [5.74, 6) is 0.467. The Balaban J connectivity index is 2.11. The molecule has 3 N–H and O–H groups in total. The van der Waals surface area contributed by atoms with Gasteiger partial charge in [0.05, 0.1) is 7.05 Å². The molecule has 0 aromatic carbocycles. The molecule has 6 nitrogen and oxygen atoms in total. The molecule has 0 radical (unpaired) electrons. The third-order valence-electron chi connectivity index (χ3n) is 2.82. The summed E-state index contributed by atoms with van der Waals surface area (Å²) >= 11 is 0. The Bertz CT molecular complexity index is 312. The van der Waals surface area contributed by atoms with E-state index in [1.807, 2.05) is 0 Å². The van der Waals surface area contributed by atoms with Crippen molar-refractivity contribution in [2.75, 3.05) is 0 Å². The molecule has 0 spiro atoms. The van der Waals surface area contributed by atoms with Crippen LogP contribution in [0.3, 0.4) is 0 Å². The summed E-state index contributed by atoms with van der Waals surface area (Å²) in [5.41, 5.74) is 5.88. The molecule has 0 amide bonds. The lowest BCUT2D eigenvalue weighted by Gasteiger charge is -2.18. The van der Waals surface area contributed by atoms with Crippen molar-refractivity contribution >= 4 is 0 Å². The third-order valence-corrected chi connectivity index (χ3v) is 2.82. The molecule has 1 heterocycles. The molecule has 6 heteroatoms. The van der Waals surface area contributed by atoms with E-state index in [9.17, 15) is 5.11 Å². The van der Waals surface area contributed by atoms with Gasteiger partial charge in [0, 0.05) is 12.0 Å². The largest absolute Gasteiger partial charge is 0.385 e. The Morgan fingerprint density at radius 2 is 2.36 bits per heavy atom. The van der Waals surface area contributed by atoms with Crippen LogP contribution in [0.4, 0.5) is 0 Å². The van der Waals surface area contributed by atoms with Gasteiger partial charge in [0.2, 0.25) is 5.82 Å². The Hall–Kier alpha value is -1.01. The predicted molar refractivity (Wildman–Crippen MR) is 49.1 cm³/mol. The average Bonchev–Trinajstić information content (AvgIpc) is 2.73. The van der Waals surface area contributed by atoms with Crippen molar-refractivity contribution < 1.29 is 5.11 Å². The predicted octanol–water partition coefficient (Wildman–Crippen LogP) is -0.629. The Morgan fingerprint density at radius 1 is 1.57 bits per heavy atom. The highest BCUT2D eigenvalue weighted by Crippen LogP contribution is 2.33. The van der Waals surface area contributed by atoms with Crippen molar-refractivity contribution in [3.8, 4) is 0 Å². The molecule has 78 valence electrons. The fourth-order valence-corrected chi connectivity index (χ4v) is 2.02. The summed E-state index contributed by atoms with van der Waals surface area (Å²) in [6.45, 7) is 0. The summed E-state index contributed by atoms with van der Waals surface area (Å²) in [6, 6.07) is 0.0637. The van der Waals surface area contributed by atoms with Gasteiger partial charge >= 0.3 is 0 Å². The van der Waals surface area contributed by atoms with Crippen molar-refractivity contribution in [1.82, 2.24) is 20.2 Å². The van der Waals surface area contributed by atoms with Gasteiger partial charge in [0.25, 0.3) is 0 Å². The van der Waals surface area contributed by atoms with Gasteiger partial charge in [-0.05, 0) is 18.1 Å². The summed E-state index contributed by atoms with van der Waals surface area (Å²) in [7, 11) is 1.68. The number of aryl methyl sites for hydroxylation is 1. The van der Waals surface area contributed by atoms with Crippen LogP contribution < -0.4 is 5.73 Å². The second-order valence-electron chi connectivity index (χ2n) is 3.84. The molecule has 14 heavy (non-hydrogen) atoms. The van der Waals surface area contributed by atoms with Crippen molar-refractivity contribution in [3.63, 3.8) is 0 Å². The second-order valence-corrected chi connectivity index (χ2v) is 3.84. The molecule has 1 fully saturated rings. The first-order valence-electron chi connectivity index (χ1n) is 4.86. The third kappa shape index (κ3) is 1.62. The number of nitrogens with two attached hydrogens (primary N) is 1. The lowest BCUT2D eigenvalue weighted by Crippen LogP contribution is -2.29. The number of aliphatic hydroxyl groups excluding tert-OH is 1. The van der Waals surface area contributed by atoms with Gasteiger partial charge < -0.3 is 10.8 Å². The molecule has 2 rings (SSSR count). The zero-order valence-corrected chi connectivity index (χ0v) is 8.17. The molecule has 0 bridgehead atoms. The lowest BCUT2D eigenvalue weighted by molar-refractivity contribution is 0.0942. The molecule has 1 aliphatic rings. The maximum absolute atomic E-state index is 9.95. The van der Waals surface area contributed by atoms with Crippen LogP contribution in [0.1, 0.15) is 31.2 Å². The topological polar surface area (TPSA) is 89.8 Å². The van der Waals surface area contributed by atoms with Crippen LogP contribution in [0, 0.1) is 5.92 Å². The van der Waals surface area contributed by atoms with Crippen LogP contribution in [-0.4, -0.2) is 31.4 Å². The highest BCUT2D eigenvalue weighted by atomic mass is 16.3. The standard InChI is InChI=1S/C8H15N5O/c1-13-11-8(10-12-13)7(14)5-3-2-4-6(5)9/h5-7,14H,2-4,9H2,1H3/t5-,6+,7?/m1/s1. The molecular formula is C8H15N5O. The number of hydrogen-bond acceptors (Lipinski definition) is 5. The minimum atomic E-state index is -0.666. The van der Waals surface area contributed by atoms with Crippen LogP contribution >= 0.6 is 0 Å². The maximum Gasteiger partial charge on any atom is 0.203 e. The van der Waals surface area contributed by atoms with Crippen molar-refractivity contribution in [3.05, 3.63) is 5.82 Å². The van der Waals surface area contributed by atoms with Crippen molar-refractivity contribution in [2.24, 2.45) is 18.7 Å². The molecule has 0 saturated heterocycles. The van der Waals surface area contributed by atoms with E-state index >= 15 is 0 Å². The van der Waals surface area contributed by atoms with Crippen molar-refractivity contribution in [2.45, 2.75) is 31.4 Å². The highest BCUT2D eigenvalue weighted by Gasteiger charge is 2.33. The number of rotatable bonds is 2. The fraction of sp³-hybridized carbons (Fsp3) is 0.875. The van der Waals surface area contributed by atoms with Crippen LogP contribution in [-0.2, 0) is 7.05 Å². The summed E-state index contributed by atoms with van der Waals surface area (Å²) in [6.07, 6.45) is 2.33. The number of hydrogen-bond donors (Lipinski definition) is 2. The number of aliphatic hydroxyl groups is 1. The molecule has 1 aromatic heterocycles. The van der Waals surface area contributed by atoms with E-state index in [1.165, 1.54) is 4.80 Å². The van der Waals surface area contributed by atoms with Crippen LogP contribution in [0.2, 0.25) is 0 Å². The van der Waals surface area contributed by atoms with Gasteiger partial charge in [-0.1, -0.05) is 6.42 Å². The quantitative estimate of drug-likeness (QED) is 0.659. The molecule has 1 aromatic rings. The lowest BCUT2D eigenvalue weighted by atomic mass is 9.97. The van der Waals surface area contributed by atoms with Gasteiger partial charge in [-0.25, -0.2) is 0 Å².